The fourth-order valence-electron chi connectivity index (χ4n) is 2.34. The van der Waals surface area contributed by atoms with Crippen molar-refractivity contribution < 1.29 is 13.2 Å². The molecule has 1 heterocycles. The molecule has 0 N–H and O–H groups in total. The number of halogens is 3. The van der Waals surface area contributed by atoms with Gasteiger partial charge in [0.1, 0.15) is 6.07 Å². The van der Waals surface area contributed by atoms with E-state index < -0.39 is 11.7 Å². The van der Waals surface area contributed by atoms with E-state index in [1.807, 2.05) is 18.0 Å². The van der Waals surface area contributed by atoms with Crippen LogP contribution >= 0.6 is 0 Å². The number of nitrogens with zero attached hydrogens (tertiary/aromatic N) is 3. The zero-order chi connectivity index (χ0) is 14.9. The Morgan fingerprint density at radius 3 is 2.55 bits per heavy atom. The van der Waals surface area contributed by atoms with Crippen molar-refractivity contribution in [2.45, 2.75) is 19.1 Å². The molecule has 1 aromatic rings. The van der Waals surface area contributed by atoms with E-state index in [1.54, 1.807) is 0 Å². The van der Waals surface area contributed by atoms with Crippen LogP contribution in [0, 0.1) is 11.3 Å². The van der Waals surface area contributed by atoms with Crippen LogP contribution in [-0.4, -0.2) is 37.6 Å². The fourth-order valence-corrected chi connectivity index (χ4v) is 2.34. The summed E-state index contributed by atoms with van der Waals surface area (Å²) in [5.74, 6) is 0. The third kappa shape index (κ3) is 2.88. The molecule has 0 aromatic heterocycles. The molecule has 1 unspecified atom stereocenters. The van der Waals surface area contributed by atoms with Gasteiger partial charge in [-0.2, -0.15) is 18.4 Å². The number of nitriles is 1. The number of rotatable bonds is 1. The Hall–Kier alpha value is -1.74. The minimum Gasteiger partial charge on any atom is -0.368 e. The number of likely N-dealkylation sites (N-methyl/N-ethyl adjacent to an activating group) is 1. The van der Waals surface area contributed by atoms with Crippen LogP contribution in [0.1, 0.15) is 18.1 Å². The second-order valence-corrected chi connectivity index (χ2v) is 5.12. The summed E-state index contributed by atoms with van der Waals surface area (Å²) < 4.78 is 38.0. The van der Waals surface area contributed by atoms with Gasteiger partial charge in [0.05, 0.1) is 16.8 Å². The molecule has 0 spiro atoms. The SMILES string of the molecule is CC1CN(c2ccc(C(F)(F)F)cc2C#N)CCN1C. The number of hydrogen-bond donors (Lipinski definition) is 0. The first-order valence-corrected chi connectivity index (χ1v) is 6.39. The molecule has 1 atom stereocenters. The number of hydrogen-bond acceptors (Lipinski definition) is 3. The third-order valence-electron chi connectivity index (χ3n) is 3.74. The summed E-state index contributed by atoms with van der Waals surface area (Å²) in [7, 11) is 2.01. The third-order valence-corrected chi connectivity index (χ3v) is 3.74. The van der Waals surface area contributed by atoms with Gasteiger partial charge in [0.15, 0.2) is 0 Å². The lowest BCUT2D eigenvalue weighted by molar-refractivity contribution is -0.137. The zero-order valence-corrected chi connectivity index (χ0v) is 11.4. The quantitative estimate of drug-likeness (QED) is 0.794. The number of alkyl halides is 3. The average Bonchev–Trinajstić information content (AvgIpc) is 2.40. The monoisotopic (exact) mass is 283 g/mol. The molecule has 0 saturated carbocycles. The summed E-state index contributed by atoms with van der Waals surface area (Å²) in [5.41, 5.74) is -0.114. The lowest BCUT2D eigenvalue weighted by Gasteiger charge is -2.39. The zero-order valence-electron chi connectivity index (χ0n) is 11.4. The molecule has 0 bridgehead atoms. The minimum atomic E-state index is -4.42. The van der Waals surface area contributed by atoms with E-state index in [-0.39, 0.29) is 5.56 Å². The van der Waals surface area contributed by atoms with Crippen molar-refractivity contribution in [3.8, 4) is 6.07 Å². The van der Waals surface area contributed by atoms with Crippen molar-refractivity contribution in [2.24, 2.45) is 0 Å². The molecule has 0 radical (unpaired) electrons. The molecule has 6 heteroatoms. The smallest absolute Gasteiger partial charge is 0.368 e. The van der Waals surface area contributed by atoms with Gasteiger partial charge in [0.25, 0.3) is 0 Å². The molecule has 0 aliphatic carbocycles. The minimum absolute atomic E-state index is 0.0802. The topological polar surface area (TPSA) is 30.3 Å². The lowest BCUT2D eigenvalue weighted by atomic mass is 10.1. The first kappa shape index (κ1) is 14.7. The Labute approximate surface area is 116 Å². The van der Waals surface area contributed by atoms with Crippen LogP contribution in [0.2, 0.25) is 0 Å². The number of piperazine rings is 1. The van der Waals surface area contributed by atoms with Crippen LogP contribution in [0.5, 0.6) is 0 Å². The van der Waals surface area contributed by atoms with Gasteiger partial charge in [-0.1, -0.05) is 0 Å². The van der Waals surface area contributed by atoms with Crippen molar-refractivity contribution in [3.63, 3.8) is 0 Å². The Kier molecular flexibility index (Phi) is 3.91. The molecule has 1 fully saturated rings. The van der Waals surface area contributed by atoms with Gasteiger partial charge in [-0.25, -0.2) is 0 Å². The van der Waals surface area contributed by atoms with E-state index in [0.717, 1.165) is 18.7 Å². The summed E-state index contributed by atoms with van der Waals surface area (Å²) in [4.78, 5) is 4.16. The van der Waals surface area contributed by atoms with Crippen molar-refractivity contribution in [1.82, 2.24) is 4.90 Å². The predicted molar refractivity (Wildman–Crippen MR) is 70.5 cm³/mol. The van der Waals surface area contributed by atoms with Crippen molar-refractivity contribution in [1.29, 1.82) is 5.26 Å². The van der Waals surface area contributed by atoms with E-state index in [2.05, 4.69) is 11.8 Å². The first-order chi connectivity index (χ1) is 9.32. The summed E-state index contributed by atoms with van der Waals surface area (Å²) >= 11 is 0. The van der Waals surface area contributed by atoms with Crippen molar-refractivity contribution in [2.75, 3.05) is 31.6 Å². The molecular weight excluding hydrogens is 267 g/mol. The standard InChI is InChI=1S/C14H16F3N3/c1-10-9-20(6-5-19(10)2)13-4-3-12(14(15,16)17)7-11(13)8-18/h3-4,7,10H,5-6,9H2,1-2H3. The maximum atomic E-state index is 12.7. The maximum Gasteiger partial charge on any atom is 0.416 e. The van der Waals surface area contributed by atoms with Crippen LogP contribution in [0.15, 0.2) is 18.2 Å². The van der Waals surface area contributed by atoms with Crippen LogP contribution in [-0.2, 0) is 6.18 Å². The van der Waals surface area contributed by atoms with Crippen LogP contribution < -0.4 is 4.90 Å². The molecule has 108 valence electrons. The van der Waals surface area contributed by atoms with Crippen molar-refractivity contribution >= 4 is 5.69 Å². The molecule has 1 aromatic carbocycles. The fraction of sp³-hybridized carbons (Fsp3) is 0.500. The second-order valence-electron chi connectivity index (χ2n) is 5.12. The molecule has 1 aliphatic heterocycles. The Morgan fingerprint density at radius 2 is 2.00 bits per heavy atom. The molecule has 2 rings (SSSR count). The Morgan fingerprint density at radius 1 is 1.30 bits per heavy atom. The van der Waals surface area contributed by atoms with Crippen LogP contribution in [0.3, 0.4) is 0 Å². The number of anilines is 1. The molecular formula is C14H16F3N3. The van der Waals surface area contributed by atoms with E-state index in [9.17, 15) is 13.2 Å². The number of benzene rings is 1. The second kappa shape index (κ2) is 5.33. The summed E-state index contributed by atoms with van der Waals surface area (Å²) in [6.07, 6.45) is -4.42. The molecule has 1 aliphatic rings. The van der Waals surface area contributed by atoms with Gasteiger partial charge >= 0.3 is 6.18 Å². The normalized spacial score (nSPS) is 20.8. The highest BCUT2D eigenvalue weighted by molar-refractivity contribution is 5.61. The van der Waals surface area contributed by atoms with E-state index in [0.29, 0.717) is 24.8 Å². The van der Waals surface area contributed by atoms with E-state index >= 15 is 0 Å². The largest absolute Gasteiger partial charge is 0.416 e. The molecule has 1 saturated heterocycles. The molecule has 0 amide bonds. The molecule has 20 heavy (non-hydrogen) atoms. The molecule has 3 nitrogen and oxygen atoms in total. The van der Waals surface area contributed by atoms with Gasteiger partial charge in [0.2, 0.25) is 0 Å². The summed E-state index contributed by atoms with van der Waals surface area (Å²) in [6, 6.07) is 5.55. The van der Waals surface area contributed by atoms with Gasteiger partial charge in [-0.05, 0) is 32.2 Å². The van der Waals surface area contributed by atoms with Crippen LogP contribution in [0.4, 0.5) is 18.9 Å². The van der Waals surface area contributed by atoms with E-state index in [1.165, 1.54) is 6.07 Å². The van der Waals surface area contributed by atoms with Gasteiger partial charge < -0.3 is 9.80 Å². The summed E-state index contributed by atoms with van der Waals surface area (Å²) in [6.45, 7) is 4.30. The van der Waals surface area contributed by atoms with Crippen molar-refractivity contribution in [3.05, 3.63) is 29.3 Å². The Balaban J connectivity index is 2.31. The highest BCUT2D eigenvalue weighted by Crippen LogP contribution is 2.33. The lowest BCUT2D eigenvalue weighted by Crippen LogP contribution is -2.50. The van der Waals surface area contributed by atoms with Gasteiger partial charge in [-0.15, -0.1) is 0 Å². The Bertz CT molecular complexity index is 533. The average molecular weight is 283 g/mol. The highest BCUT2D eigenvalue weighted by Gasteiger charge is 2.32. The maximum absolute atomic E-state index is 12.7. The van der Waals surface area contributed by atoms with E-state index in [4.69, 9.17) is 5.26 Å². The van der Waals surface area contributed by atoms with Crippen LogP contribution in [0.25, 0.3) is 0 Å². The predicted octanol–water partition coefficient (Wildman–Crippen LogP) is 2.72. The summed E-state index contributed by atoms with van der Waals surface area (Å²) in [5, 5.41) is 9.10. The van der Waals surface area contributed by atoms with Gasteiger partial charge in [-0.3, -0.25) is 0 Å². The van der Waals surface area contributed by atoms with Gasteiger partial charge in [0, 0.05) is 25.7 Å². The first-order valence-electron chi connectivity index (χ1n) is 6.39. The highest BCUT2D eigenvalue weighted by atomic mass is 19.4.